The van der Waals surface area contributed by atoms with Gasteiger partial charge in [0.2, 0.25) is 0 Å². The number of ether oxygens (including phenoxy) is 1. The maximum atomic E-state index is 13.2. The van der Waals surface area contributed by atoms with Crippen LogP contribution in [-0.4, -0.2) is 24.5 Å². The first-order chi connectivity index (χ1) is 8.23. The van der Waals surface area contributed by atoms with Crippen molar-refractivity contribution in [2.24, 2.45) is 4.99 Å². The van der Waals surface area contributed by atoms with Gasteiger partial charge in [-0.05, 0) is 24.6 Å². The fourth-order valence-electron chi connectivity index (χ4n) is 2.54. The highest BCUT2D eigenvalue weighted by Gasteiger charge is 2.43. The molecule has 0 aliphatic carbocycles. The first-order valence-electron chi connectivity index (χ1n) is 6.00. The molecule has 1 N–H and O–H groups in total. The molecule has 3 nitrogen and oxygen atoms in total. The summed E-state index contributed by atoms with van der Waals surface area (Å²) in [5.74, 6) is 1.49. The standard InChI is InChI=1S/C13H15FN2O/c1-2-13(12-15-5-6-16-12)8-9-7-10(14)3-4-11(9)17-13/h3-4,7H,2,5-6,8H2,1H3,(H,15,16). The predicted octanol–water partition coefficient (Wildman–Crippen LogP) is 1.91. The van der Waals surface area contributed by atoms with Gasteiger partial charge in [0.15, 0.2) is 5.60 Å². The second kappa shape index (κ2) is 3.72. The molecular formula is C13H15FN2O. The third kappa shape index (κ3) is 1.59. The molecule has 0 radical (unpaired) electrons. The normalized spacial score (nSPS) is 26.1. The summed E-state index contributed by atoms with van der Waals surface area (Å²) in [4.78, 5) is 4.45. The van der Waals surface area contributed by atoms with Crippen LogP contribution in [0.1, 0.15) is 18.9 Å². The highest BCUT2D eigenvalue weighted by atomic mass is 19.1. The third-order valence-electron chi connectivity index (χ3n) is 3.48. The Balaban J connectivity index is 1.97. The van der Waals surface area contributed by atoms with Gasteiger partial charge >= 0.3 is 0 Å². The van der Waals surface area contributed by atoms with Crippen molar-refractivity contribution in [2.75, 3.05) is 13.1 Å². The summed E-state index contributed by atoms with van der Waals surface area (Å²) in [6, 6.07) is 4.70. The molecule has 2 heterocycles. The predicted molar refractivity (Wildman–Crippen MR) is 64.1 cm³/mol. The molecule has 0 fully saturated rings. The monoisotopic (exact) mass is 234 g/mol. The maximum absolute atomic E-state index is 13.2. The number of aliphatic imine (C=N–C) groups is 1. The van der Waals surface area contributed by atoms with Crippen LogP contribution in [-0.2, 0) is 6.42 Å². The molecule has 0 saturated heterocycles. The summed E-state index contributed by atoms with van der Waals surface area (Å²) in [6.45, 7) is 3.74. The zero-order valence-electron chi connectivity index (χ0n) is 9.79. The van der Waals surface area contributed by atoms with Gasteiger partial charge in [0.05, 0.1) is 6.54 Å². The lowest BCUT2D eigenvalue weighted by molar-refractivity contribution is 0.162. The van der Waals surface area contributed by atoms with Gasteiger partial charge < -0.3 is 10.1 Å². The van der Waals surface area contributed by atoms with Crippen LogP contribution in [0.15, 0.2) is 23.2 Å². The molecule has 1 aromatic carbocycles. The highest BCUT2D eigenvalue weighted by Crippen LogP contribution is 2.38. The van der Waals surface area contributed by atoms with Crippen molar-refractivity contribution >= 4 is 5.84 Å². The molecule has 0 saturated carbocycles. The summed E-state index contributed by atoms with van der Waals surface area (Å²) in [6.07, 6.45) is 1.53. The van der Waals surface area contributed by atoms with Crippen LogP contribution in [0.4, 0.5) is 4.39 Å². The second-order valence-electron chi connectivity index (χ2n) is 4.54. The van der Waals surface area contributed by atoms with Crippen LogP contribution in [0, 0.1) is 5.82 Å². The second-order valence-corrected chi connectivity index (χ2v) is 4.54. The van der Waals surface area contributed by atoms with Crippen molar-refractivity contribution in [3.05, 3.63) is 29.6 Å². The SMILES string of the molecule is CCC1(C2=NCCN2)Cc2cc(F)ccc2O1. The Morgan fingerprint density at radius 3 is 3.12 bits per heavy atom. The number of rotatable bonds is 2. The maximum Gasteiger partial charge on any atom is 0.169 e. The van der Waals surface area contributed by atoms with E-state index >= 15 is 0 Å². The number of benzene rings is 1. The molecule has 3 rings (SSSR count). The van der Waals surface area contributed by atoms with Crippen LogP contribution in [0.5, 0.6) is 5.75 Å². The van der Waals surface area contributed by atoms with E-state index in [1.807, 2.05) is 0 Å². The van der Waals surface area contributed by atoms with E-state index in [1.54, 1.807) is 12.1 Å². The smallest absolute Gasteiger partial charge is 0.169 e. The molecule has 0 bridgehead atoms. The first-order valence-corrected chi connectivity index (χ1v) is 6.00. The van der Waals surface area contributed by atoms with Gasteiger partial charge in [-0.3, -0.25) is 4.99 Å². The molecule has 4 heteroatoms. The van der Waals surface area contributed by atoms with Crippen LogP contribution in [0.25, 0.3) is 0 Å². The Kier molecular flexibility index (Phi) is 2.31. The van der Waals surface area contributed by atoms with Crippen molar-refractivity contribution in [3.8, 4) is 5.75 Å². The van der Waals surface area contributed by atoms with Gasteiger partial charge in [-0.15, -0.1) is 0 Å². The highest BCUT2D eigenvalue weighted by molar-refractivity contribution is 5.93. The Hall–Kier alpha value is -1.58. The van der Waals surface area contributed by atoms with Gasteiger partial charge in [-0.25, -0.2) is 4.39 Å². The number of nitrogens with one attached hydrogen (secondary N) is 1. The minimum absolute atomic E-state index is 0.208. The van der Waals surface area contributed by atoms with Crippen molar-refractivity contribution in [1.82, 2.24) is 5.32 Å². The molecule has 0 amide bonds. The van der Waals surface area contributed by atoms with E-state index in [4.69, 9.17) is 4.74 Å². The van der Waals surface area contributed by atoms with Crippen LogP contribution in [0.2, 0.25) is 0 Å². The summed E-state index contributed by atoms with van der Waals surface area (Å²) in [7, 11) is 0. The Bertz CT molecular complexity index is 486. The van der Waals surface area contributed by atoms with E-state index in [0.717, 1.165) is 36.7 Å². The molecule has 0 aromatic heterocycles. The quantitative estimate of drug-likeness (QED) is 0.848. The summed E-state index contributed by atoms with van der Waals surface area (Å²) < 4.78 is 19.2. The minimum atomic E-state index is -0.410. The molecule has 2 aliphatic rings. The van der Waals surface area contributed by atoms with Gasteiger partial charge in [0.25, 0.3) is 0 Å². The number of amidine groups is 1. The molecule has 2 aliphatic heterocycles. The third-order valence-corrected chi connectivity index (χ3v) is 3.48. The zero-order valence-corrected chi connectivity index (χ0v) is 9.79. The first kappa shape index (κ1) is 10.6. The number of halogens is 1. The van der Waals surface area contributed by atoms with E-state index in [9.17, 15) is 4.39 Å². The van der Waals surface area contributed by atoms with E-state index in [0.29, 0.717) is 6.42 Å². The van der Waals surface area contributed by atoms with Crippen molar-refractivity contribution in [3.63, 3.8) is 0 Å². The van der Waals surface area contributed by atoms with E-state index in [2.05, 4.69) is 17.2 Å². The number of hydrogen-bond acceptors (Lipinski definition) is 3. The van der Waals surface area contributed by atoms with Crippen molar-refractivity contribution in [1.29, 1.82) is 0 Å². The summed E-state index contributed by atoms with van der Waals surface area (Å²) in [5, 5.41) is 3.27. The number of hydrogen-bond donors (Lipinski definition) is 1. The molecule has 0 spiro atoms. The fourth-order valence-corrected chi connectivity index (χ4v) is 2.54. The summed E-state index contributed by atoms with van der Waals surface area (Å²) >= 11 is 0. The Labute approximate surface area is 99.7 Å². The topological polar surface area (TPSA) is 33.6 Å². The molecule has 1 atom stereocenters. The van der Waals surface area contributed by atoms with Crippen molar-refractivity contribution in [2.45, 2.75) is 25.4 Å². The van der Waals surface area contributed by atoms with Gasteiger partial charge in [-0.2, -0.15) is 0 Å². The van der Waals surface area contributed by atoms with Gasteiger partial charge in [0.1, 0.15) is 17.4 Å². The van der Waals surface area contributed by atoms with E-state index in [-0.39, 0.29) is 5.82 Å². The van der Waals surface area contributed by atoms with Crippen LogP contribution >= 0.6 is 0 Å². The van der Waals surface area contributed by atoms with E-state index < -0.39 is 5.60 Å². The lowest BCUT2D eigenvalue weighted by atomic mass is 9.93. The Morgan fingerprint density at radius 1 is 1.53 bits per heavy atom. The minimum Gasteiger partial charge on any atom is -0.479 e. The van der Waals surface area contributed by atoms with Gasteiger partial charge in [-0.1, -0.05) is 6.92 Å². The molecular weight excluding hydrogens is 219 g/mol. The molecule has 1 unspecified atom stereocenters. The molecule has 90 valence electrons. The fraction of sp³-hybridized carbons (Fsp3) is 0.462. The van der Waals surface area contributed by atoms with Gasteiger partial charge in [0, 0.05) is 18.5 Å². The number of nitrogens with zero attached hydrogens (tertiary/aromatic N) is 1. The Morgan fingerprint density at radius 2 is 2.41 bits per heavy atom. The molecule has 1 aromatic rings. The summed E-state index contributed by atoms with van der Waals surface area (Å²) in [5.41, 5.74) is 0.523. The van der Waals surface area contributed by atoms with Crippen LogP contribution < -0.4 is 10.1 Å². The lowest BCUT2D eigenvalue weighted by Gasteiger charge is -2.27. The molecule has 17 heavy (non-hydrogen) atoms. The number of fused-ring (bicyclic) bond motifs is 1. The lowest BCUT2D eigenvalue weighted by Crippen LogP contribution is -2.48. The van der Waals surface area contributed by atoms with Crippen molar-refractivity contribution < 1.29 is 9.13 Å². The largest absolute Gasteiger partial charge is 0.479 e. The average Bonchev–Trinajstić information content (AvgIpc) is 2.95. The van der Waals surface area contributed by atoms with E-state index in [1.165, 1.54) is 6.07 Å². The van der Waals surface area contributed by atoms with Crippen LogP contribution in [0.3, 0.4) is 0 Å². The average molecular weight is 234 g/mol. The zero-order chi connectivity index (χ0) is 11.9.